The third-order valence-corrected chi connectivity index (χ3v) is 3.15. The van der Waals surface area contributed by atoms with Crippen molar-refractivity contribution in [3.8, 4) is 11.4 Å². The molecule has 0 saturated heterocycles. The van der Waals surface area contributed by atoms with E-state index in [0.717, 1.165) is 12.1 Å². The van der Waals surface area contributed by atoms with Crippen molar-refractivity contribution >= 4 is 11.0 Å². The fraction of sp³-hybridized carbons (Fsp3) is 0.0714. The molecule has 1 heterocycles. The van der Waals surface area contributed by atoms with E-state index in [9.17, 15) is 23.1 Å². The van der Waals surface area contributed by atoms with Crippen molar-refractivity contribution < 1.29 is 18.3 Å². The van der Waals surface area contributed by atoms with Crippen molar-refractivity contribution in [3.05, 3.63) is 58.5 Å². The second-order valence-corrected chi connectivity index (χ2v) is 4.48. The molecule has 7 heteroatoms. The van der Waals surface area contributed by atoms with Crippen LogP contribution in [0.15, 0.2) is 47.3 Å². The number of aromatic nitrogens is 2. The summed E-state index contributed by atoms with van der Waals surface area (Å²) in [5.41, 5.74) is -0.416. The van der Waals surface area contributed by atoms with Crippen LogP contribution in [0.4, 0.5) is 13.2 Å². The van der Waals surface area contributed by atoms with Gasteiger partial charge in [-0.15, -0.1) is 0 Å². The van der Waals surface area contributed by atoms with Gasteiger partial charge in [0.2, 0.25) is 0 Å². The van der Waals surface area contributed by atoms with Gasteiger partial charge in [0.15, 0.2) is 0 Å². The number of phenolic OH excluding ortho intramolecular Hbond substituents is 1. The van der Waals surface area contributed by atoms with Crippen LogP contribution in [0.1, 0.15) is 5.56 Å². The minimum Gasteiger partial charge on any atom is -0.506 e. The van der Waals surface area contributed by atoms with Gasteiger partial charge in [-0.25, -0.2) is 4.79 Å². The van der Waals surface area contributed by atoms with Gasteiger partial charge in [0, 0.05) is 0 Å². The number of phenols is 1. The lowest BCUT2D eigenvalue weighted by Gasteiger charge is -2.08. The molecule has 2 N–H and O–H groups in total. The van der Waals surface area contributed by atoms with Crippen LogP contribution >= 0.6 is 0 Å². The van der Waals surface area contributed by atoms with Crippen LogP contribution < -0.4 is 5.69 Å². The maximum atomic E-state index is 12.5. The molecule has 0 spiro atoms. The van der Waals surface area contributed by atoms with Gasteiger partial charge in [-0.05, 0) is 36.4 Å². The second-order valence-electron chi connectivity index (χ2n) is 4.48. The number of benzene rings is 2. The summed E-state index contributed by atoms with van der Waals surface area (Å²) in [6.07, 6.45) is -4.43. The molecule has 0 amide bonds. The Morgan fingerprint density at radius 3 is 2.33 bits per heavy atom. The number of H-pyrrole nitrogens is 1. The maximum absolute atomic E-state index is 12.5. The minimum absolute atomic E-state index is 0.102. The lowest BCUT2D eigenvalue weighted by Crippen LogP contribution is -2.15. The summed E-state index contributed by atoms with van der Waals surface area (Å²) < 4.78 is 38.8. The van der Waals surface area contributed by atoms with Crippen molar-refractivity contribution in [2.45, 2.75) is 6.18 Å². The molecule has 0 saturated carbocycles. The number of hydrogen-bond donors (Lipinski definition) is 2. The molecule has 108 valence electrons. The van der Waals surface area contributed by atoms with Crippen LogP contribution in [0, 0.1) is 0 Å². The van der Waals surface area contributed by atoms with E-state index in [1.807, 2.05) is 0 Å². The molecular formula is C14H9F3N2O2. The lowest BCUT2D eigenvalue weighted by molar-refractivity contribution is -0.137. The van der Waals surface area contributed by atoms with E-state index in [2.05, 4.69) is 4.98 Å². The molecule has 0 aliphatic heterocycles. The average molecular weight is 294 g/mol. The number of alkyl halides is 3. The van der Waals surface area contributed by atoms with E-state index in [-0.39, 0.29) is 17.0 Å². The monoisotopic (exact) mass is 294 g/mol. The van der Waals surface area contributed by atoms with Crippen molar-refractivity contribution in [2.75, 3.05) is 0 Å². The minimum atomic E-state index is -4.43. The molecule has 4 nitrogen and oxygen atoms in total. The van der Waals surface area contributed by atoms with E-state index in [1.165, 1.54) is 22.8 Å². The largest absolute Gasteiger partial charge is 0.506 e. The van der Waals surface area contributed by atoms with E-state index in [4.69, 9.17) is 0 Å². The zero-order valence-corrected chi connectivity index (χ0v) is 10.5. The predicted octanol–water partition coefficient (Wildman–Crippen LogP) is 3.04. The van der Waals surface area contributed by atoms with Crippen LogP contribution in [-0.4, -0.2) is 14.7 Å². The van der Waals surface area contributed by atoms with Crippen molar-refractivity contribution in [2.24, 2.45) is 0 Å². The number of nitrogens with one attached hydrogen (secondary N) is 1. The fourth-order valence-electron chi connectivity index (χ4n) is 2.17. The van der Waals surface area contributed by atoms with Crippen LogP contribution in [0.3, 0.4) is 0 Å². The number of rotatable bonds is 1. The van der Waals surface area contributed by atoms with Crippen LogP contribution in [0.5, 0.6) is 5.75 Å². The SMILES string of the molecule is O=c1[nH]c2c(O)cccc2n1-c1ccc(C(F)(F)F)cc1. The zero-order chi connectivity index (χ0) is 15.2. The summed E-state index contributed by atoms with van der Waals surface area (Å²) in [7, 11) is 0. The van der Waals surface area contributed by atoms with Crippen molar-refractivity contribution in [1.29, 1.82) is 0 Å². The number of hydrogen-bond acceptors (Lipinski definition) is 2. The number of halogens is 3. The van der Waals surface area contributed by atoms with Gasteiger partial charge in [0.25, 0.3) is 0 Å². The Kier molecular flexibility index (Phi) is 2.79. The number of aromatic amines is 1. The Labute approximate surface area is 116 Å². The molecule has 21 heavy (non-hydrogen) atoms. The summed E-state index contributed by atoms with van der Waals surface area (Å²) >= 11 is 0. The highest BCUT2D eigenvalue weighted by atomic mass is 19.4. The average Bonchev–Trinajstić information content (AvgIpc) is 2.76. The Hall–Kier alpha value is -2.70. The summed E-state index contributed by atoms with van der Waals surface area (Å²) in [6.45, 7) is 0. The van der Waals surface area contributed by atoms with E-state index < -0.39 is 17.4 Å². The van der Waals surface area contributed by atoms with Crippen molar-refractivity contribution in [3.63, 3.8) is 0 Å². The van der Waals surface area contributed by atoms with Crippen molar-refractivity contribution in [1.82, 2.24) is 9.55 Å². The van der Waals surface area contributed by atoms with Gasteiger partial charge < -0.3 is 10.1 Å². The number of nitrogens with zero attached hydrogens (tertiary/aromatic N) is 1. The first kappa shape index (κ1) is 13.3. The Morgan fingerprint density at radius 1 is 1.05 bits per heavy atom. The molecule has 0 fully saturated rings. The van der Waals surface area contributed by atoms with Crippen LogP contribution in [-0.2, 0) is 6.18 Å². The number of para-hydroxylation sites is 1. The first-order valence-corrected chi connectivity index (χ1v) is 5.98. The number of fused-ring (bicyclic) bond motifs is 1. The normalized spacial score (nSPS) is 12.0. The van der Waals surface area contributed by atoms with E-state index in [0.29, 0.717) is 5.52 Å². The smallest absolute Gasteiger partial charge is 0.416 e. The maximum Gasteiger partial charge on any atom is 0.416 e. The molecule has 0 bridgehead atoms. The number of aromatic hydroxyl groups is 1. The molecule has 0 aliphatic carbocycles. The molecule has 0 aliphatic rings. The Morgan fingerprint density at radius 2 is 1.71 bits per heavy atom. The first-order valence-electron chi connectivity index (χ1n) is 5.98. The van der Waals surface area contributed by atoms with E-state index >= 15 is 0 Å². The Bertz CT molecular complexity index is 861. The lowest BCUT2D eigenvalue weighted by atomic mass is 10.2. The standard InChI is InChI=1S/C14H9F3N2O2/c15-14(16,17)8-4-6-9(7-5-8)19-10-2-1-3-11(20)12(10)18-13(19)21/h1-7,20H,(H,18,21). The third-order valence-electron chi connectivity index (χ3n) is 3.15. The van der Waals surface area contributed by atoms with Gasteiger partial charge in [-0.2, -0.15) is 13.2 Å². The highest BCUT2D eigenvalue weighted by Gasteiger charge is 2.30. The first-order chi connectivity index (χ1) is 9.88. The number of imidazole rings is 1. The van der Waals surface area contributed by atoms with Gasteiger partial charge in [0.05, 0.1) is 16.8 Å². The third kappa shape index (κ3) is 2.16. The molecule has 3 aromatic rings. The molecule has 2 aromatic carbocycles. The summed E-state index contributed by atoms with van der Waals surface area (Å²) in [6, 6.07) is 8.78. The highest BCUT2D eigenvalue weighted by Crippen LogP contribution is 2.30. The fourth-order valence-corrected chi connectivity index (χ4v) is 2.17. The molecule has 0 radical (unpaired) electrons. The predicted molar refractivity (Wildman–Crippen MR) is 70.6 cm³/mol. The molecule has 0 atom stereocenters. The van der Waals surface area contributed by atoms with Gasteiger partial charge >= 0.3 is 11.9 Å². The van der Waals surface area contributed by atoms with Gasteiger partial charge in [0.1, 0.15) is 11.3 Å². The molecule has 1 aromatic heterocycles. The zero-order valence-electron chi connectivity index (χ0n) is 10.5. The molecule has 0 unspecified atom stereocenters. The highest BCUT2D eigenvalue weighted by molar-refractivity contribution is 5.83. The van der Waals surface area contributed by atoms with Gasteiger partial charge in [-0.3, -0.25) is 4.57 Å². The topological polar surface area (TPSA) is 58.0 Å². The van der Waals surface area contributed by atoms with Crippen LogP contribution in [0.25, 0.3) is 16.7 Å². The summed E-state index contributed by atoms with van der Waals surface area (Å²) in [4.78, 5) is 14.4. The molecular weight excluding hydrogens is 285 g/mol. The summed E-state index contributed by atoms with van der Waals surface area (Å²) in [5.74, 6) is -0.102. The Balaban J connectivity index is 2.19. The van der Waals surface area contributed by atoms with Crippen LogP contribution in [0.2, 0.25) is 0 Å². The second kappa shape index (κ2) is 4.41. The molecule has 3 rings (SSSR count). The van der Waals surface area contributed by atoms with E-state index in [1.54, 1.807) is 12.1 Å². The summed E-state index contributed by atoms with van der Waals surface area (Å²) in [5, 5.41) is 9.67. The van der Waals surface area contributed by atoms with Gasteiger partial charge in [-0.1, -0.05) is 6.07 Å². The quantitative estimate of drug-likeness (QED) is 0.724.